The summed E-state index contributed by atoms with van der Waals surface area (Å²) in [4.78, 5) is 25.2. The van der Waals surface area contributed by atoms with Gasteiger partial charge in [0.15, 0.2) is 9.84 Å². The number of hydrogen-bond donors (Lipinski definition) is 2. The molecule has 0 saturated heterocycles. The van der Waals surface area contributed by atoms with Crippen LogP contribution in [0.3, 0.4) is 0 Å². The minimum Gasteiger partial charge on any atom is -0.366 e. The first kappa shape index (κ1) is 21.7. The van der Waals surface area contributed by atoms with E-state index < -0.39 is 15.7 Å². The Hall–Kier alpha value is -2.97. The highest BCUT2D eigenvalue weighted by atomic mass is 32.2. The summed E-state index contributed by atoms with van der Waals surface area (Å²) < 4.78 is 24.8. The maximum Gasteiger partial charge on any atom is 0.251 e. The van der Waals surface area contributed by atoms with Gasteiger partial charge in [0, 0.05) is 11.3 Å². The first-order valence-corrected chi connectivity index (χ1v) is 11.8. The fourth-order valence-corrected chi connectivity index (χ4v) is 5.28. The van der Waals surface area contributed by atoms with Crippen molar-refractivity contribution in [2.45, 2.75) is 24.7 Å². The molecule has 0 fully saturated rings. The zero-order chi connectivity index (χ0) is 21.7. The molecule has 1 heterocycles. The van der Waals surface area contributed by atoms with Crippen molar-refractivity contribution in [2.24, 2.45) is 5.73 Å². The van der Waals surface area contributed by atoms with Crippen LogP contribution in [0.2, 0.25) is 0 Å². The number of primary amides is 1. The Bertz CT molecular complexity index is 1150. The van der Waals surface area contributed by atoms with Crippen LogP contribution in [0, 0.1) is 6.92 Å². The zero-order valence-corrected chi connectivity index (χ0v) is 18.1. The summed E-state index contributed by atoms with van der Waals surface area (Å²) in [5.74, 6) is -1.13. The second kappa shape index (κ2) is 9.23. The molecule has 2 aromatic carbocycles. The Labute approximate surface area is 179 Å². The molecule has 30 heavy (non-hydrogen) atoms. The summed E-state index contributed by atoms with van der Waals surface area (Å²) in [6, 6.07) is 17.7. The molecule has 0 saturated carbocycles. The largest absolute Gasteiger partial charge is 0.366 e. The van der Waals surface area contributed by atoms with Crippen molar-refractivity contribution in [3.8, 4) is 10.4 Å². The van der Waals surface area contributed by atoms with Crippen molar-refractivity contribution in [2.75, 3.05) is 11.1 Å². The number of carbonyl (C=O) groups is 2. The number of aryl methyl sites for hydroxylation is 1. The SMILES string of the molecule is Cc1ccc(S(=O)(=O)CCCC(=O)Nc2sc(-c3ccccc3)cc2C(N)=O)cc1. The molecule has 6 nitrogen and oxygen atoms in total. The van der Waals surface area contributed by atoms with Gasteiger partial charge in [0.25, 0.3) is 5.91 Å². The Balaban J connectivity index is 1.64. The van der Waals surface area contributed by atoms with E-state index in [1.807, 2.05) is 37.3 Å². The second-order valence-electron chi connectivity index (χ2n) is 6.87. The van der Waals surface area contributed by atoms with Crippen LogP contribution in [-0.2, 0) is 14.6 Å². The second-order valence-corrected chi connectivity index (χ2v) is 10.0. The molecular weight excluding hydrogens is 420 g/mol. The molecule has 0 bridgehead atoms. The van der Waals surface area contributed by atoms with E-state index in [2.05, 4.69) is 5.32 Å². The number of sulfone groups is 1. The van der Waals surface area contributed by atoms with Gasteiger partial charge in [-0.3, -0.25) is 9.59 Å². The molecule has 0 atom stereocenters. The van der Waals surface area contributed by atoms with E-state index >= 15 is 0 Å². The number of anilines is 1. The van der Waals surface area contributed by atoms with Gasteiger partial charge in [0.05, 0.1) is 16.2 Å². The Morgan fingerprint density at radius 3 is 2.33 bits per heavy atom. The normalized spacial score (nSPS) is 11.2. The van der Waals surface area contributed by atoms with Gasteiger partial charge in [-0.2, -0.15) is 0 Å². The number of carbonyl (C=O) groups excluding carboxylic acids is 2. The highest BCUT2D eigenvalue weighted by Gasteiger charge is 2.18. The van der Waals surface area contributed by atoms with Gasteiger partial charge in [0.1, 0.15) is 5.00 Å². The van der Waals surface area contributed by atoms with Crippen molar-refractivity contribution in [1.82, 2.24) is 0 Å². The predicted molar refractivity (Wildman–Crippen MR) is 119 cm³/mol. The lowest BCUT2D eigenvalue weighted by atomic mass is 10.1. The summed E-state index contributed by atoms with van der Waals surface area (Å²) in [6.45, 7) is 1.88. The van der Waals surface area contributed by atoms with Crippen LogP contribution in [0.25, 0.3) is 10.4 Å². The number of hydrogen-bond acceptors (Lipinski definition) is 5. The number of benzene rings is 2. The molecule has 0 radical (unpaired) electrons. The molecular formula is C22H22N2O4S2. The van der Waals surface area contributed by atoms with E-state index in [1.165, 1.54) is 11.3 Å². The highest BCUT2D eigenvalue weighted by molar-refractivity contribution is 7.91. The van der Waals surface area contributed by atoms with Crippen LogP contribution in [0.4, 0.5) is 5.00 Å². The molecule has 3 aromatic rings. The van der Waals surface area contributed by atoms with E-state index in [0.29, 0.717) is 5.00 Å². The molecule has 3 N–H and O–H groups in total. The van der Waals surface area contributed by atoms with Gasteiger partial charge in [-0.15, -0.1) is 11.3 Å². The molecule has 156 valence electrons. The third-order valence-corrected chi connectivity index (χ3v) is 7.42. The lowest BCUT2D eigenvalue weighted by molar-refractivity contribution is -0.116. The zero-order valence-electron chi connectivity index (χ0n) is 16.4. The predicted octanol–water partition coefficient (Wildman–Crippen LogP) is 4.02. The van der Waals surface area contributed by atoms with E-state index in [1.54, 1.807) is 30.3 Å². The van der Waals surface area contributed by atoms with Crippen LogP contribution in [-0.4, -0.2) is 26.0 Å². The summed E-state index contributed by atoms with van der Waals surface area (Å²) in [7, 11) is -3.45. The lowest BCUT2D eigenvalue weighted by Gasteiger charge is -2.06. The molecule has 0 unspecified atom stereocenters. The Morgan fingerprint density at radius 1 is 1.03 bits per heavy atom. The molecule has 2 amide bonds. The fourth-order valence-electron chi connectivity index (χ4n) is 2.89. The molecule has 3 rings (SSSR count). The highest BCUT2D eigenvalue weighted by Crippen LogP contribution is 2.35. The average Bonchev–Trinajstić information content (AvgIpc) is 3.13. The minimum atomic E-state index is -3.45. The monoisotopic (exact) mass is 442 g/mol. The summed E-state index contributed by atoms with van der Waals surface area (Å²) in [5.41, 5.74) is 7.57. The van der Waals surface area contributed by atoms with Gasteiger partial charge in [-0.25, -0.2) is 8.42 Å². The Morgan fingerprint density at radius 2 is 1.70 bits per heavy atom. The molecule has 0 aliphatic rings. The van der Waals surface area contributed by atoms with Crippen LogP contribution in [0.1, 0.15) is 28.8 Å². The fraction of sp³-hybridized carbons (Fsp3) is 0.182. The molecule has 0 aliphatic heterocycles. The van der Waals surface area contributed by atoms with E-state index in [4.69, 9.17) is 5.73 Å². The lowest BCUT2D eigenvalue weighted by Crippen LogP contribution is -2.17. The van der Waals surface area contributed by atoms with Gasteiger partial charge in [-0.05, 0) is 37.1 Å². The van der Waals surface area contributed by atoms with Crippen LogP contribution >= 0.6 is 11.3 Å². The van der Waals surface area contributed by atoms with Crippen LogP contribution < -0.4 is 11.1 Å². The van der Waals surface area contributed by atoms with E-state index in [-0.39, 0.29) is 35.0 Å². The van der Waals surface area contributed by atoms with Crippen molar-refractivity contribution < 1.29 is 18.0 Å². The van der Waals surface area contributed by atoms with Crippen molar-refractivity contribution >= 4 is 38.0 Å². The quantitative estimate of drug-likeness (QED) is 0.549. The summed E-state index contributed by atoms with van der Waals surface area (Å²) >= 11 is 1.26. The number of thiophene rings is 1. The maximum atomic E-state index is 12.4. The topological polar surface area (TPSA) is 106 Å². The van der Waals surface area contributed by atoms with Gasteiger partial charge in [-0.1, -0.05) is 48.0 Å². The van der Waals surface area contributed by atoms with Crippen LogP contribution in [0.5, 0.6) is 0 Å². The summed E-state index contributed by atoms with van der Waals surface area (Å²) in [5, 5.41) is 3.07. The van der Waals surface area contributed by atoms with Gasteiger partial charge >= 0.3 is 0 Å². The molecule has 0 aliphatic carbocycles. The average molecular weight is 443 g/mol. The molecule has 8 heteroatoms. The van der Waals surface area contributed by atoms with Gasteiger partial charge < -0.3 is 11.1 Å². The van der Waals surface area contributed by atoms with Crippen LogP contribution in [0.15, 0.2) is 65.6 Å². The third kappa shape index (κ3) is 5.34. The number of nitrogens with one attached hydrogen (secondary N) is 1. The summed E-state index contributed by atoms with van der Waals surface area (Å²) in [6.07, 6.45) is 0.187. The molecule has 1 aromatic heterocycles. The van der Waals surface area contributed by atoms with Gasteiger partial charge in [0.2, 0.25) is 5.91 Å². The number of nitrogens with two attached hydrogens (primary N) is 1. The van der Waals surface area contributed by atoms with E-state index in [0.717, 1.165) is 16.0 Å². The van der Waals surface area contributed by atoms with Crippen molar-refractivity contribution in [3.05, 3.63) is 71.8 Å². The first-order chi connectivity index (χ1) is 14.3. The minimum absolute atomic E-state index is 0.0157. The number of rotatable bonds is 8. The van der Waals surface area contributed by atoms with E-state index in [9.17, 15) is 18.0 Å². The van der Waals surface area contributed by atoms with Crippen molar-refractivity contribution in [3.63, 3.8) is 0 Å². The third-order valence-electron chi connectivity index (χ3n) is 4.51. The number of amides is 2. The smallest absolute Gasteiger partial charge is 0.251 e. The molecule has 0 spiro atoms. The Kier molecular flexibility index (Phi) is 6.69. The maximum absolute atomic E-state index is 12.4. The van der Waals surface area contributed by atoms with Crippen molar-refractivity contribution in [1.29, 1.82) is 0 Å². The first-order valence-electron chi connectivity index (χ1n) is 9.34. The standard InChI is InChI=1S/C22H22N2O4S2/c1-15-9-11-17(12-10-15)30(27,28)13-5-8-20(25)24-22-18(21(23)26)14-19(29-22)16-6-3-2-4-7-16/h2-4,6-7,9-12,14H,5,8,13H2,1H3,(H2,23,26)(H,24,25).